The molecule has 3 N–H and O–H groups in total. The number of nitrogens with zero attached hydrogens (tertiary/aromatic N) is 1. The Kier molecular flexibility index (Phi) is 5.69. The molecule has 2 rings (SSSR count). The lowest BCUT2D eigenvalue weighted by atomic mass is 9.94. The molecule has 0 spiro atoms. The summed E-state index contributed by atoms with van der Waals surface area (Å²) < 4.78 is 5.01. The van der Waals surface area contributed by atoms with Gasteiger partial charge in [0.2, 0.25) is 17.7 Å². The van der Waals surface area contributed by atoms with Crippen LogP contribution >= 0.6 is 0 Å². The van der Waals surface area contributed by atoms with E-state index in [0.717, 1.165) is 25.7 Å². The van der Waals surface area contributed by atoms with Crippen molar-refractivity contribution in [2.45, 2.75) is 50.6 Å². The molecule has 0 aromatic rings. The molecule has 0 aromatic carbocycles. The molecule has 1 unspecified atom stereocenters. The summed E-state index contributed by atoms with van der Waals surface area (Å²) in [4.78, 5) is 36.3. The highest BCUT2D eigenvalue weighted by Crippen LogP contribution is 2.27. The first-order valence-electron chi connectivity index (χ1n) is 7.55. The molecule has 21 heavy (non-hydrogen) atoms. The molecular weight excluding hydrogens is 274 g/mol. The second-order valence-corrected chi connectivity index (χ2v) is 5.62. The van der Waals surface area contributed by atoms with Gasteiger partial charge >= 0.3 is 0 Å². The van der Waals surface area contributed by atoms with E-state index in [0.29, 0.717) is 6.54 Å². The molecule has 3 amide bonds. The molecule has 1 saturated heterocycles. The average Bonchev–Trinajstić information content (AvgIpc) is 2.74. The summed E-state index contributed by atoms with van der Waals surface area (Å²) in [6, 6.07) is -0.381. The molecule has 118 valence electrons. The number of hydrogen-bond acceptors (Lipinski definition) is 5. The number of likely N-dealkylation sites (tertiary alicyclic amines) is 1. The zero-order valence-electron chi connectivity index (χ0n) is 12.2. The Morgan fingerprint density at radius 2 is 2.00 bits per heavy atom. The second-order valence-electron chi connectivity index (χ2n) is 5.62. The van der Waals surface area contributed by atoms with Crippen LogP contribution in [0.4, 0.5) is 0 Å². The van der Waals surface area contributed by atoms with Crippen molar-refractivity contribution >= 4 is 17.7 Å². The summed E-state index contributed by atoms with van der Waals surface area (Å²) in [7, 11) is 0. The highest BCUT2D eigenvalue weighted by atomic mass is 16.5. The van der Waals surface area contributed by atoms with Crippen molar-refractivity contribution in [1.29, 1.82) is 0 Å². The number of carbonyl (C=O) groups excluding carboxylic acids is 3. The topological polar surface area (TPSA) is 102 Å². The third-order valence-corrected chi connectivity index (χ3v) is 4.00. The van der Waals surface area contributed by atoms with Crippen molar-refractivity contribution < 1.29 is 19.1 Å². The van der Waals surface area contributed by atoms with Crippen LogP contribution in [-0.4, -0.2) is 54.5 Å². The summed E-state index contributed by atoms with van der Waals surface area (Å²) >= 11 is 0. The molecule has 1 atom stereocenters. The lowest BCUT2D eigenvalue weighted by Crippen LogP contribution is -2.45. The van der Waals surface area contributed by atoms with Gasteiger partial charge in [-0.25, -0.2) is 0 Å². The summed E-state index contributed by atoms with van der Waals surface area (Å²) in [6.07, 6.45) is 5.41. The van der Waals surface area contributed by atoms with Crippen LogP contribution in [0.25, 0.3) is 0 Å². The summed E-state index contributed by atoms with van der Waals surface area (Å²) in [5.41, 5.74) is 4.95. The molecule has 0 aromatic heterocycles. The van der Waals surface area contributed by atoms with E-state index < -0.39 is 11.9 Å². The van der Waals surface area contributed by atoms with E-state index in [9.17, 15) is 14.4 Å². The molecule has 2 fully saturated rings. The van der Waals surface area contributed by atoms with Crippen molar-refractivity contribution in [3.63, 3.8) is 0 Å². The van der Waals surface area contributed by atoms with Crippen LogP contribution < -0.4 is 11.1 Å². The molecule has 7 nitrogen and oxygen atoms in total. The summed E-state index contributed by atoms with van der Waals surface area (Å²) in [6.45, 7) is 0.563. The zero-order chi connectivity index (χ0) is 15.2. The number of primary amides is 1. The lowest BCUT2D eigenvalue weighted by Gasteiger charge is -2.29. The Hall–Kier alpha value is -1.47. The fourth-order valence-electron chi connectivity index (χ4n) is 3.01. The molecule has 1 aliphatic carbocycles. The van der Waals surface area contributed by atoms with Gasteiger partial charge in [0, 0.05) is 12.6 Å². The molecule has 0 bridgehead atoms. The van der Waals surface area contributed by atoms with E-state index >= 15 is 0 Å². The van der Waals surface area contributed by atoms with Gasteiger partial charge < -0.3 is 15.8 Å². The third kappa shape index (κ3) is 4.25. The van der Waals surface area contributed by atoms with Crippen molar-refractivity contribution in [2.75, 3.05) is 19.8 Å². The molecule has 2 aliphatic rings. The van der Waals surface area contributed by atoms with Gasteiger partial charge in [0.05, 0.1) is 19.1 Å². The van der Waals surface area contributed by atoms with Crippen LogP contribution in [0.3, 0.4) is 0 Å². The first-order valence-corrected chi connectivity index (χ1v) is 7.55. The maximum Gasteiger partial charge on any atom is 0.247 e. The SMILES string of the molecule is NC(=O)COCCNC1CC(=O)N(C2CCCCC2)C1=O. The molecular formula is C14H23N3O4. The van der Waals surface area contributed by atoms with Gasteiger partial charge in [-0.05, 0) is 12.8 Å². The van der Waals surface area contributed by atoms with Crippen molar-refractivity contribution in [1.82, 2.24) is 10.2 Å². The van der Waals surface area contributed by atoms with Gasteiger partial charge in [-0.15, -0.1) is 0 Å². The number of nitrogens with one attached hydrogen (secondary N) is 1. The van der Waals surface area contributed by atoms with Gasteiger partial charge in [0.25, 0.3) is 0 Å². The monoisotopic (exact) mass is 297 g/mol. The Morgan fingerprint density at radius 1 is 1.29 bits per heavy atom. The van der Waals surface area contributed by atoms with Gasteiger partial charge in [-0.3, -0.25) is 19.3 Å². The van der Waals surface area contributed by atoms with E-state index in [2.05, 4.69) is 5.32 Å². The molecule has 1 aliphatic heterocycles. The number of ether oxygens (including phenoxy) is 1. The molecule has 1 saturated carbocycles. The fourth-order valence-corrected chi connectivity index (χ4v) is 3.01. The van der Waals surface area contributed by atoms with Crippen LogP contribution in [0.5, 0.6) is 0 Å². The number of amides is 3. The van der Waals surface area contributed by atoms with E-state index in [1.807, 2.05) is 0 Å². The van der Waals surface area contributed by atoms with Crippen molar-refractivity contribution in [3.05, 3.63) is 0 Å². The van der Waals surface area contributed by atoms with Gasteiger partial charge in [-0.1, -0.05) is 19.3 Å². The first-order chi connectivity index (χ1) is 10.1. The largest absolute Gasteiger partial charge is 0.370 e. The van der Waals surface area contributed by atoms with E-state index in [-0.39, 0.29) is 37.5 Å². The minimum atomic E-state index is -0.523. The normalized spacial score (nSPS) is 23.8. The van der Waals surface area contributed by atoms with E-state index in [1.54, 1.807) is 0 Å². The highest BCUT2D eigenvalue weighted by molar-refractivity contribution is 6.05. The third-order valence-electron chi connectivity index (χ3n) is 4.00. The van der Waals surface area contributed by atoms with Crippen LogP contribution in [0, 0.1) is 0 Å². The predicted molar refractivity (Wildman–Crippen MR) is 75.1 cm³/mol. The van der Waals surface area contributed by atoms with Crippen LogP contribution in [0.15, 0.2) is 0 Å². The maximum absolute atomic E-state index is 12.3. The van der Waals surface area contributed by atoms with Gasteiger partial charge in [0.15, 0.2) is 0 Å². The Morgan fingerprint density at radius 3 is 2.67 bits per heavy atom. The summed E-state index contributed by atoms with van der Waals surface area (Å²) in [5, 5.41) is 3.02. The van der Waals surface area contributed by atoms with E-state index in [1.165, 1.54) is 11.3 Å². The number of hydrogen-bond donors (Lipinski definition) is 2. The highest BCUT2D eigenvalue weighted by Gasteiger charge is 2.42. The standard InChI is InChI=1S/C14H23N3O4/c15-12(18)9-21-7-6-16-11-8-13(19)17(14(11)20)10-4-2-1-3-5-10/h10-11,16H,1-9H2,(H2,15,18). The second kappa shape index (κ2) is 7.51. The predicted octanol–water partition coefficient (Wildman–Crippen LogP) is -0.462. The van der Waals surface area contributed by atoms with Crippen LogP contribution in [0.1, 0.15) is 38.5 Å². The van der Waals surface area contributed by atoms with Crippen molar-refractivity contribution in [3.8, 4) is 0 Å². The number of carbonyl (C=O) groups is 3. The minimum absolute atomic E-state index is 0.0802. The average molecular weight is 297 g/mol. The zero-order valence-corrected chi connectivity index (χ0v) is 12.2. The quantitative estimate of drug-likeness (QED) is 0.489. The smallest absolute Gasteiger partial charge is 0.247 e. The van der Waals surface area contributed by atoms with Crippen LogP contribution in [-0.2, 0) is 19.1 Å². The Balaban J connectivity index is 1.76. The number of imide groups is 1. The van der Waals surface area contributed by atoms with E-state index in [4.69, 9.17) is 10.5 Å². The fraction of sp³-hybridized carbons (Fsp3) is 0.786. The summed E-state index contributed by atoms with van der Waals surface area (Å²) in [5.74, 6) is -0.727. The number of nitrogens with two attached hydrogens (primary N) is 1. The lowest BCUT2D eigenvalue weighted by molar-refractivity contribution is -0.142. The molecule has 7 heteroatoms. The van der Waals surface area contributed by atoms with Crippen molar-refractivity contribution in [2.24, 2.45) is 5.73 Å². The molecule has 0 radical (unpaired) electrons. The Bertz CT molecular complexity index is 407. The Labute approximate surface area is 124 Å². The van der Waals surface area contributed by atoms with Gasteiger partial charge in [-0.2, -0.15) is 0 Å². The maximum atomic E-state index is 12.3. The molecule has 1 heterocycles. The minimum Gasteiger partial charge on any atom is -0.370 e. The first kappa shape index (κ1) is 15.9. The van der Waals surface area contributed by atoms with Gasteiger partial charge in [0.1, 0.15) is 6.61 Å². The number of rotatable bonds is 7. The van der Waals surface area contributed by atoms with Crippen LogP contribution in [0.2, 0.25) is 0 Å².